The van der Waals surface area contributed by atoms with Gasteiger partial charge in [-0.05, 0) is 36.6 Å². The Kier molecular flexibility index (Phi) is 2.39. The number of allylic oxidation sites excluding steroid dienone is 1. The van der Waals surface area contributed by atoms with E-state index in [0.29, 0.717) is 5.92 Å². The van der Waals surface area contributed by atoms with Crippen LogP contribution in [0, 0.1) is 0 Å². The Hall–Kier alpha value is -1.77. The minimum atomic E-state index is 0.0409. The summed E-state index contributed by atoms with van der Waals surface area (Å²) in [6.45, 7) is 0. The molecule has 1 aliphatic carbocycles. The van der Waals surface area contributed by atoms with E-state index in [1.165, 1.54) is 0 Å². The first-order chi connectivity index (χ1) is 8.29. The monoisotopic (exact) mass is 229 g/mol. The molecule has 0 bridgehead atoms. The van der Waals surface area contributed by atoms with Crippen LogP contribution in [0.25, 0.3) is 0 Å². The van der Waals surface area contributed by atoms with E-state index in [4.69, 9.17) is 4.74 Å². The van der Waals surface area contributed by atoms with Crippen molar-refractivity contribution in [2.45, 2.75) is 24.8 Å². The number of ether oxygens (including phenoxy) is 1. The lowest BCUT2D eigenvalue weighted by atomic mass is 9.78. The zero-order valence-corrected chi connectivity index (χ0v) is 9.77. The largest absolute Gasteiger partial charge is 0.497 e. The van der Waals surface area contributed by atoms with Gasteiger partial charge in [-0.15, -0.1) is 0 Å². The number of amides is 1. The Balaban J connectivity index is 2.10. The molecule has 2 atom stereocenters. The molecule has 88 valence electrons. The molecular weight excluding hydrogens is 214 g/mol. The molecule has 1 heterocycles. The molecule has 0 saturated carbocycles. The molecule has 1 aromatic rings. The number of hydrogen-bond donors (Lipinski definition) is 1. The predicted octanol–water partition coefficient (Wildman–Crippen LogP) is 2.24. The smallest absolute Gasteiger partial charge is 0.251 e. The van der Waals surface area contributed by atoms with E-state index in [1.807, 2.05) is 18.2 Å². The summed E-state index contributed by atoms with van der Waals surface area (Å²) < 4.78 is 5.25. The molecule has 2 aliphatic rings. The highest BCUT2D eigenvalue weighted by Gasteiger charge is 2.33. The van der Waals surface area contributed by atoms with Crippen LogP contribution in [-0.2, 0) is 0 Å². The van der Waals surface area contributed by atoms with Gasteiger partial charge in [-0.2, -0.15) is 0 Å². The summed E-state index contributed by atoms with van der Waals surface area (Å²) in [5, 5.41) is 3.08. The fourth-order valence-electron chi connectivity index (χ4n) is 2.74. The first-order valence-electron chi connectivity index (χ1n) is 5.93. The van der Waals surface area contributed by atoms with Crippen molar-refractivity contribution in [3.63, 3.8) is 0 Å². The van der Waals surface area contributed by atoms with Crippen molar-refractivity contribution in [2.24, 2.45) is 0 Å². The molecular formula is C14H15NO2. The number of carbonyl (C=O) groups excluding carboxylic acids is 1. The van der Waals surface area contributed by atoms with Gasteiger partial charge in [0.15, 0.2) is 0 Å². The standard InChI is InChI=1S/C14H15NO2/c1-17-9-6-7-11-12(8-9)10-4-2-3-5-13(10)15-14(11)16/h2-3,6-8,10,13H,4-5H2,1H3,(H,15,16)/t10-,13+/m1/s1. The number of hydrogen-bond acceptors (Lipinski definition) is 2. The van der Waals surface area contributed by atoms with Crippen molar-refractivity contribution in [1.29, 1.82) is 0 Å². The van der Waals surface area contributed by atoms with Crippen molar-refractivity contribution in [2.75, 3.05) is 7.11 Å². The molecule has 0 radical (unpaired) electrons. The Morgan fingerprint density at radius 1 is 1.29 bits per heavy atom. The average Bonchev–Trinajstić information content (AvgIpc) is 2.38. The zero-order chi connectivity index (χ0) is 11.8. The van der Waals surface area contributed by atoms with Crippen LogP contribution in [0.4, 0.5) is 0 Å². The van der Waals surface area contributed by atoms with Crippen LogP contribution in [-0.4, -0.2) is 19.1 Å². The van der Waals surface area contributed by atoms with E-state index in [9.17, 15) is 4.79 Å². The molecule has 0 unspecified atom stereocenters. The van der Waals surface area contributed by atoms with E-state index in [-0.39, 0.29) is 11.9 Å². The maximum atomic E-state index is 12.0. The van der Waals surface area contributed by atoms with Gasteiger partial charge in [0.05, 0.1) is 7.11 Å². The van der Waals surface area contributed by atoms with Crippen molar-refractivity contribution in [1.82, 2.24) is 5.32 Å². The van der Waals surface area contributed by atoms with Crippen LogP contribution >= 0.6 is 0 Å². The summed E-state index contributed by atoms with van der Waals surface area (Å²) >= 11 is 0. The van der Waals surface area contributed by atoms with Crippen LogP contribution in [0.3, 0.4) is 0 Å². The van der Waals surface area contributed by atoms with E-state index in [2.05, 4.69) is 17.5 Å². The van der Waals surface area contributed by atoms with Crippen LogP contribution < -0.4 is 10.1 Å². The van der Waals surface area contributed by atoms with Crippen LogP contribution in [0.15, 0.2) is 30.4 Å². The SMILES string of the molecule is COc1ccc2c(c1)[C@H]1CC=CC[C@@H]1NC2=O. The fourth-order valence-corrected chi connectivity index (χ4v) is 2.74. The Morgan fingerprint density at radius 3 is 2.94 bits per heavy atom. The molecule has 3 nitrogen and oxygen atoms in total. The van der Waals surface area contributed by atoms with Gasteiger partial charge < -0.3 is 10.1 Å². The minimum absolute atomic E-state index is 0.0409. The van der Waals surface area contributed by atoms with Crippen molar-refractivity contribution >= 4 is 5.91 Å². The van der Waals surface area contributed by atoms with Crippen LogP contribution in [0.1, 0.15) is 34.7 Å². The molecule has 0 fully saturated rings. The summed E-state index contributed by atoms with van der Waals surface area (Å²) in [6.07, 6.45) is 6.26. The fraction of sp³-hybridized carbons (Fsp3) is 0.357. The van der Waals surface area contributed by atoms with Gasteiger partial charge in [0, 0.05) is 17.5 Å². The molecule has 3 rings (SSSR count). The second-order valence-electron chi connectivity index (χ2n) is 4.58. The van der Waals surface area contributed by atoms with Gasteiger partial charge in [-0.1, -0.05) is 12.2 Å². The third-order valence-corrected chi connectivity index (χ3v) is 3.65. The van der Waals surface area contributed by atoms with E-state index in [1.54, 1.807) is 7.11 Å². The van der Waals surface area contributed by atoms with Gasteiger partial charge in [-0.25, -0.2) is 0 Å². The lowest BCUT2D eigenvalue weighted by Crippen LogP contribution is -2.44. The lowest BCUT2D eigenvalue weighted by molar-refractivity contribution is 0.0913. The normalized spacial score (nSPS) is 25.8. The van der Waals surface area contributed by atoms with Gasteiger partial charge >= 0.3 is 0 Å². The van der Waals surface area contributed by atoms with Gasteiger partial charge in [-0.3, -0.25) is 4.79 Å². The highest BCUT2D eigenvalue weighted by atomic mass is 16.5. The Labute approximate surface area is 100 Å². The molecule has 1 N–H and O–H groups in total. The molecule has 0 saturated heterocycles. The number of fused-ring (bicyclic) bond motifs is 3. The summed E-state index contributed by atoms with van der Waals surface area (Å²) in [5.74, 6) is 1.26. The highest BCUT2D eigenvalue weighted by Crippen LogP contribution is 2.36. The van der Waals surface area contributed by atoms with E-state index >= 15 is 0 Å². The second kappa shape index (κ2) is 3.91. The average molecular weight is 229 g/mol. The Morgan fingerprint density at radius 2 is 2.12 bits per heavy atom. The molecule has 1 amide bonds. The lowest BCUT2D eigenvalue weighted by Gasteiger charge is -2.35. The van der Waals surface area contributed by atoms with Crippen molar-refractivity contribution in [3.8, 4) is 5.75 Å². The summed E-state index contributed by atoms with van der Waals surface area (Å²) in [5.41, 5.74) is 1.92. The quantitative estimate of drug-likeness (QED) is 0.750. The highest BCUT2D eigenvalue weighted by molar-refractivity contribution is 5.97. The van der Waals surface area contributed by atoms with Crippen molar-refractivity contribution < 1.29 is 9.53 Å². The summed E-state index contributed by atoms with van der Waals surface area (Å²) in [4.78, 5) is 12.0. The molecule has 1 aromatic carbocycles. The third-order valence-electron chi connectivity index (χ3n) is 3.65. The zero-order valence-electron chi connectivity index (χ0n) is 9.77. The van der Waals surface area contributed by atoms with Crippen molar-refractivity contribution in [3.05, 3.63) is 41.5 Å². The first-order valence-corrected chi connectivity index (χ1v) is 5.93. The van der Waals surface area contributed by atoms with Gasteiger partial charge in [0.25, 0.3) is 5.91 Å². The maximum absolute atomic E-state index is 12.0. The minimum Gasteiger partial charge on any atom is -0.497 e. The summed E-state index contributed by atoms with van der Waals surface area (Å²) in [6, 6.07) is 5.95. The van der Waals surface area contributed by atoms with E-state index in [0.717, 1.165) is 29.7 Å². The van der Waals surface area contributed by atoms with Gasteiger partial charge in [0.2, 0.25) is 0 Å². The van der Waals surface area contributed by atoms with Crippen LogP contribution in [0.2, 0.25) is 0 Å². The first kappa shape index (κ1) is 10.4. The van der Waals surface area contributed by atoms with Crippen LogP contribution in [0.5, 0.6) is 5.75 Å². The second-order valence-corrected chi connectivity index (χ2v) is 4.58. The number of nitrogens with one attached hydrogen (secondary N) is 1. The molecule has 1 aliphatic heterocycles. The number of methoxy groups -OCH3 is 1. The Bertz CT molecular complexity index is 493. The van der Waals surface area contributed by atoms with Gasteiger partial charge in [0.1, 0.15) is 5.75 Å². The third kappa shape index (κ3) is 1.62. The topological polar surface area (TPSA) is 38.3 Å². The van der Waals surface area contributed by atoms with E-state index < -0.39 is 0 Å². The number of carbonyl (C=O) groups is 1. The maximum Gasteiger partial charge on any atom is 0.251 e. The predicted molar refractivity (Wildman–Crippen MR) is 65.4 cm³/mol. The molecule has 3 heteroatoms. The number of benzene rings is 1. The molecule has 0 aromatic heterocycles. The number of rotatable bonds is 1. The summed E-state index contributed by atoms with van der Waals surface area (Å²) in [7, 11) is 1.66. The molecule has 17 heavy (non-hydrogen) atoms. The molecule has 0 spiro atoms.